The van der Waals surface area contributed by atoms with Gasteiger partial charge in [0.2, 0.25) is 0 Å². The molecule has 0 radical (unpaired) electrons. The summed E-state index contributed by atoms with van der Waals surface area (Å²) < 4.78 is 6.11. The lowest BCUT2D eigenvalue weighted by Crippen LogP contribution is -2.43. The largest absolute Gasteiger partial charge is 0.463 e. The Morgan fingerprint density at radius 3 is 2.57 bits per heavy atom. The molecule has 4 heterocycles. The minimum Gasteiger partial charge on any atom is -0.463 e. The van der Waals surface area contributed by atoms with Crippen molar-refractivity contribution >= 4 is 0 Å². The van der Waals surface area contributed by atoms with Crippen LogP contribution < -0.4 is 21.7 Å². The number of furan rings is 1. The highest BCUT2D eigenvalue weighted by atomic mass is 16.3. The third-order valence-electron chi connectivity index (χ3n) is 6.63. The van der Waals surface area contributed by atoms with Crippen molar-refractivity contribution in [3.05, 3.63) is 59.5 Å². The zero-order valence-corrected chi connectivity index (χ0v) is 16.4. The lowest BCUT2D eigenvalue weighted by Gasteiger charge is -2.36. The quantitative estimate of drug-likeness (QED) is 0.637. The molecule has 4 N–H and O–H groups in total. The number of piperidine rings is 1. The van der Waals surface area contributed by atoms with E-state index in [1.807, 2.05) is 0 Å². The van der Waals surface area contributed by atoms with Crippen molar-refractivity contribution in [1.82, 2.24) is 26.6 Å². The highest BCUT2D eigenvalue weighted by molar-refractivity contribution is 5.23. The van der Waals surface area contributed by atoms with Gasteiger partial charge in [-0.1, -0.05) is 30.3 Å². The summed E-state index contributed by atoms with van der Waals surface area (Å²) in [5, 5.41) is 0. The Hall–Kier alpha value is -1.70. The Balaban J connectivity index is 1.15. The van der Waals surface area contributed by atoms with E-state index in [2.05, 4.69) is 69.1 Å². The lowest BCUT2D eigenvalue weighted by atomic mass is 9.80. The Morgan fingerprint density at radius 2 is 1.79 bits per heavy atom. The number of hydrazine groups is 2. The van der Waals surface area contributed by atoms with Crippen LogP contribution in [0, 0.1) is 5.92 Å². The summed E-state index contributed by atoms with van der Waals surface area (Å²) in [6.07, 6.45) is 3.57. The summed E-state index contributed by atoms with van der Waals surface area (Å²) >= 11 is 0. The topological polar surface area (TPSA) is 64.5 Å². The molecule has 1 aromatic heterocycles. The zero-order chi connectivity index (χ0) is 18.8. The molecule has 2 aromatic rings. The highest BCUT2D eigenvalue weighted by Crippen LogP contribution is 2.32. The van der Waals surface area contributed by atoms with E-state index < -0.39 is 0 Å². The third-order valence-corrected chi connectivity index (χ3v) is 6.63. The first-order chi connectivity index (χ1) is 13.9. The van der Waals surface area contributed by atoms with Crippen molar-refractivity contribution in [2.24, 2.45) is 5.92 Å². The predicted molar refractivity (Wildman–Crippen MR) is 109 cm³/mol. The fraction of sp³-hybridized carbons (Fsp3) is 0.545. The van der Waals surface area contributed by atoms with Crippen molar-refractivity contribution in [1.29, 1.82) is 0 Å². The van der Waals surface area contributed by atoms with Gasteiger partial charge in [-0.2, -0.15) is 0 Å². The van der Waals surface area contributed by atoms with Crippen molar-refractivity contribution in [2.45, 2.75) is 43.8 Å². The van der Waals surface area contributed by atoms with Crippen LogP contribution in [0.4, 0.5) is 0 Å². The molecule has 3 unspecified atom stereocenters. The molecule has 0 saturated carbocycles. The van der Waals surface area contributed by atoms with Crippen LogP contribution in [0.1, 0.15) is 48.3 Å². The van der Waals surface area contributed by atoms with Crippen molar-refractivity contribution in [2.75, 3.05) is 26.2 Å². The average Bonchev–Trinajstić information content (AvgIpc) is 3.50. The van der Waals surface area contributed by atoms with Crippen molar-refractivity contribution in [3.63, 3.8) is 0 Å². The van der Waals surface area contributed by atoms with E-state index in [4.69, 9.17) is 4.42 Å². The number of likely N-dealkylation sites (tertiary alicyclic amines) is 1. The standard InChI is InChI=1S/C22H31N5O/c1-2-4-16(5-3-1)19-14-24-26-22(19)17-9-12-27(13-10-17)15-18-6-7-21(28-18)20-8-11-23-25-20/h1-7,17,19-20,22-26H,8-15H2. The summed E-state index contributed by atoms with van der Waals surface area (Å²) in [5.74, 6) is 3.43. The van der Waals surface area contributed by atoms with Crippen molar-refractivity contribution < 1.29 is 4.42 Å². The van der Waals surface area contributed by atoms with E-state index in [9.17, 15) is 0 Å². The molecule has 0 spiro atoms. The molecule has 1 aromatic carbocycles. The second-order valence-corrected chi connectivity index (χ2v) is 8.40. The molecule has 150 valence electrons. The number of rotatable bonds is 5. The lowest BCUT2D eigenvalue weighted by molar-refractivity contribution is 0.143. The molecule has 5 rings (SSSR count). The molecule has 3 fully saturated rings. The fourth-order valence-electron chi connectivity index (χ4n) is 5.04. The third kappa shape index (κ3) is 3.88. The van der Waals surface area contributed by atoms with E-state index >= 15 is 0 Å². The van der Waals surface area contributed by atoms with Gasteiger partial charge in [0.1, 0.15) is 11.5 Å². The minimum absolute atomic E-state index is 0.315. The maximum atomic E-state index is 6.11. The predicted octanol–water partition coefficient (Wildman–Crippen LogP) is 2.29. The van der Waals surface area contributed by atoms with Crippen LogP contribution in [-0.4, -0.2) is 37.1 Å². The SMILES string of the molecule is c1ccc(C2CNNC2C2CCN(Cc3ccc(C4CCNN4)o3)CC2)cc1. The Labute approximate surface area is 167 Å². The molecule has 6 heteroatoms. The summed E-state index contributed by atoms with van der Waals surface area (Å²) in [6.45, 7) is 5.23. The molecule has 3 aliphatic rings. The van der Waals surface area contributed by atoms with Gasteiger partial charge < -0.3 is 4.42 Å². The first kappa shape index (κ1) is 18.3. The molecule has 3 saturated heterocycles. The maximum absolute atomic E-state index is 6.11. The van der Waals surface area contributed by atoms with E-state index in [0.29, 0.717) is 18.0 Å². The summed E-state index contributed by atoms with van der Waals surface area (Å²) in [7, 11) is 0. The molecule has 0 bridgehead atoms. The van der Waals surface area contributed by atoms with E-state index in [1.165, 1.54) is 18.4 Å². The van der Waals surface area contributed by atoms with Crippen LogP contribution in [0.5, 0.6) is 0 Å². The number of hydrogen-bond acceptors (Lipinski definition) is 6. The van der Waals surface area contributed by atoms with Gasteiger partial charge in [-0.25, -0.2) is 5.43 Å². The van der Waals surface area contributed by atoms with Crippen LogP contribution in [-0.2, 0) is 6.54 Å². The summed E-state index contributed by atoms with van der Waals surface area (Å²) in [4.78, 5) is 2.54. The molecule has 28 heavy (non-hydrogen) atoms. The van der Waals surface area contributed by atoms with Crippen LogP contribution in [0.15, 0.2) is 46.9 Å². The number of nitrogens with zero attached hydrogens (tertiary/aromatic N) is 1. The van der Waals surface area contributed by atoms with Gasteiger partial charge in [0.05, 0.1) is 12.6 Å². The van der Waals surface area contributed by atoms with Gasteiger partial charge in [-0.15, -0.1) is 0 Å². The zero-order valence-electron chi connectivity index (χ0n) is 16.4. The van der Waals surface area contributed by atoms with Crippen molar-refractivity contribution in [3.8, 4) is 0 Å². The van der Waals surface area contributed by atoms with Gasteiger partial charge in [0, 0.05) is 25.0 Å². The Morgan fingerprint density at radius 1 is 0.929 bits per heavy atom. The summed E-state index contributed by atoms with van der Waals surface area (Å²) in [6, 6.07) is 16.1. The maximum Gasteiger partial charge on any atom is 0.122 e. The van der Waals surface area contributed by atoms with Gasteiger partial charge in [0.25, 0.3) is 0 Å². The van der Waals surface area contributed by atoms with Gasteiger partial charge in [0.15, 0.2) is 0 Å². The van der Waals surface area contributed by atoms with E-state index in [0.717, 1.165) is 56.6 Å². The van der Waals surface area contributed by atoms with Crippen LogP contribution in [0.25, 0.3) is 0 Å². The second kappa shape index (κ2) is 8.35. The smallest absolute Gasteiger partial charge is 0.122 e. The van der Waals surface area contributed by atoms with Crippen LogP contribution in [0.3, 0.4) is 0 Å². The molecular weight excluding hydrogens is 350 g/mol. The molecule has 0 amide bonds. The highest BCUT2D eigenvalue weighted by Gasteiger charge is 2.36. The van der Waals surface area contributed by atoms with E-state index in [1.54, 1.807) is 0 Å². The first-order valence-corrected chi connectivity index (χ1v) is 10.7. The number of nitrogens with one attached hydrogen (secondary N) is 4. The fourth-order valence-corrected chi connectivity index (χ4v) is 5.04. The van der Waals surface area contributed by atoms with Gasteiger partial charge >= 0.3 is 0 Å². The Bertz CT molecular complexity index is 749. The summed E-state index contributed by atoms with van der Waals surface area (Å²) in [5.41, 5.74) is 14.9. The van der Waals surface area contributed by atoms with Gasteiger partial charge in [-0.3, -0.25) is 21.2 Å². The normalized spacial score (nSPS) is 29.5. The minimum atomic E-state index is 0.315. The molecule has 6 nitrogen and oxygen atoms in total. The molecule has 3 aliphatic heterocycles. The Kier molecular flexibility index (Phi) is 5.47. The van der Waals surface area contributed by atoms with Crippen LogP contribution in [0.2, 0.25) is 0 Å². The molecule has 3 atom stereocenters. The molecular formula is C22H31N5O. The average molecular weight is 382 g/mol. The van der Waals surface area contributed by atoms with E-state index in [-0.39, 0.29) is 0 Å². The number of benzene rings is 1. The second-order valence-electron chi connectivity index (χ2n) is 8.40. The van der Waals surface area contributed by atoms with Gasteiger partial charge in [-0.05, 0) is 56.0 Å². The first-order valence-electron chi connectivity index (χ1n) is 10.7. The monoisotopic (exact) mass is 381 g/mol. The molecule has 0 aliphatic carbocycles. The van der Waals surface area contributed by atoms with Crippen LogP contribution >= 0.6 is 0 Å². The number of hydrogen-bond donors (Lipinski definition) is 4.